The van der Waals surface area contributed by atoms with Gasteiger partial charge < -0.3 is 9.80 Å². The van der Waals surface area contributed by atoms with Crippen molar-refractivity contribution >= 4 is 23.6 Å². The molecule has 3 aromatic carbocycles. The van der Waals surface area contributed by atoms with Gasteiger partial charge in [-0.25, -0.2) is 0 Å². The summed E-state index contributed by atoms with van der Waals surface area (Å²) in [6, 6.07) is 29.1. The molecule has 6 heteroatoms. The Hall–Kier alpha value is -3.09. The molecule has 2 amide bonds. The Kier molecular flexibility index (Phi) is 8.04. The number of nitrogens with zero attached hydrogens (tertiary/aromatic N) is 3. The molecule has 2 saturated heterocycles. The monoisotopic (exact) mass is 499 g/mol. The Bertz CT molecular complexity index is 1120. The summed E-state index contributed by atoms with van der Waals surface area (Å²) in [5.41, 5.74) is 3.24. The van der Waals surface area contributed by atoms with Crippen LogP contribution in [0.4, 0.5) is 0 Å². The average molecular weight is 500 g/mol. The second-order valence-electron chi connectivity index (χ2n) is 9.42. The number of carbonyl (C=O) groups excluding carboxylic acids is 2. The lowest BCUT2D eigenvalue weighted by molar-refractivity contribution is -0.127. The van der Waals surface area contributed by atoms with Crippen LogP contribution in [0.25, 0.3) is 0 Å². The largest absolute Gasteiger partial charge is 0.342 e. The quantitative estimate of drug-likeness (QED) is 0.432. The minimum absolute atomic E-state index is 0.0577. The molecule has 2 heterocycles. The minimum Gasteiger partial charge on any atom is -0.342 e. The summed E-state index contributed by atoms with van der Waals surface area (Å²) in [5, 5.41) is 0. The van der Waals surface area contributed by atoms with E-state index in [0.29, 0.717) is 24.4 Å². The van der Waals surface area contributed by atoms with Crippen molar-refractivity contribution in [3.8, 4) is 0 Å². The van der Waals surface area contributed by atoms with Gasteiger partial charge in [-0.2, -0.15) is 0 Å². The van der Waals surface area contributed by atoms with Crippen LogP contribution in [0.15, 0.2) is 89.8 Å². The van der Waals surface area contributed by atoms with Crippen LogP contribution in [-0.4, -0.2) is 71.5 Å². The second kappa shape index (κ2) is 11.8. The van der Waals surface area contributed by atoms with Gasteiger partial charge in [0, 0.05) is 44.2 Å². The third kappa shape index (κ3) is 5.66. The molecule has 0 bridgehead atoms. The van der Waals surface area contributed by atoms with Crippen LogP contribution in [0.5, 0.6) is 0 Å². The lowest BCUT2D eigenvalue weighted by Gasteiger charge is -2.40. The fourth-order valence-electron chi connectivity index (χ4n) is 5.20. The molecule has 0 saturated carbocycles. The van der Waals surface area contributed by atoms with E-state index in [1.54, 1.807) is 0 Å². The van der Waals surface area contributed by atoms with Gasteiger partial charge in [0.05, 0.1) is 17.4 Å². The smallest absolute Gasteiger partial charge is 0.255 e. The molecule has 3 aromatic rings. The predicted octanol–water partition coefficient (Wildman–Crippen LogP) is 4.95. The Labute approximate surface area is 218 Å². The fourth-order valence-corrected chi connectivity index (χ4v) is 6.15. The molecule has 0 aliphatic carbocycles. The van der Waals surface area contributed by atoms with E-state index in [2.05, 4.69) is 65.6 Å². The van der Waals surface area contributed by atoms with E-state index >= 15 is 0 Å². The summed E-state index contributed by atoms with van der Waals surface area (Å²) < 4.78 is 0. The van der Waals surface area contributed by atoms with Gasteiger partial charge in [-0.05, 0) is 36.1 Å². The van der Waals surface area contributed by atoms with Gasteiger partial charge in [-0.15, -0.1) is 11.8 Å². The molecule has 2 aliphatic heterocycles. The first-order valence-electron chi connectivity index (χ1n) is 12.8. The number of benzene rings is 3. The maximum atomic E-state index is 13.5. The van der Waals surface area contributed by atoms with E-state index in [-0.39, 0.29) is 17.9 Å². The van der Waals surface area contributed by atoms with Crippen molar-refractivity contribution in [3.63, 3.8) is 0 Å². The maximum absolute atomic E-state index is 13.5. The lowest BCUT2D eigenvalue weighted by Crippen LogP contribution is -2.50. The Balaban J connectivity index is 1.25. The van der Waals surface area contributed by atoms with Crippen LogP contribution in [0, 0.1) is 0 Å². The van der Waals surface area contributed by atoms with E-state index < -0.39 is 0 Å². The standard InChI is InChI=1S/C30H33N3O2S/c34-28(31-17-9-10-18-31)23-36-27-16-8-7-15-26(27)30(35)33-21-19-32(20-22-33)29(24-11-3-1-4-12-24)25-13-5-2-6-14-25/h1-8,11-16,29H,9-10,17-23H2. The highest BCUT2D eigenvalue weighted by Crippen LogP contribution is 2.30. The van der Waals surface area contributed by atoms with Crippen molar-refractivity contribution in [2.75, 3.05) is 45.0 Å². The van der Waals surface area contributed by atoms with Crippen molar-refractivity contribution in [2.24, 2.45) is 0 Å². The molecular formula is C30H33N3O2S. The van der Waals surface area contributed by atoms with Gasteiger partial charge in [0.15, 0.2) is 0 Å². The summed E-state index contributed by atoms with van der Waals surface area (Å²) in [4.78, 5) is 33.3. The highest BCUT2D eigenvalue weighted by atomic mass is 32.2. The van der Waals surface area contributed by atoms with Crippen LogP contribution in [-0.2, 0) is 4.79 Å². The van der Waals surface area contributed by atoms with Gasteiger partial charge >= 0.3 is 0 Å². The molecule has 0 unspecified atom stereocenters. The highest BCUT2D eigenvalue weighted by Gasteiger charge is 2.29. The number of rotatable bonds is 7. The summed E-state index contributed by atoms with van der Waals surface area (Å²) in [6.45, 7) is 4.70. The van der Waals surface area contributed by atoms with Gasteiger partial charge in [-0.3, -0.25) is 14.5 Å². The first kappa shape index (κ1) is 24.6. The Morgan fingerprint density at radius 3 is 1.83 bits per heavy atom. The maximum Gasteiger partial charge on any atom is 0.255 e. The zero-order valence-corrected chi connectivity index (χ0v) is 21.4. The van der Waals surface area contributed by atoms with E-state index in [1.165, 1.54) is 22.9 Å². The number of likely N-dealkylation sites (tertiary alicyclic amines) is 1. The van der Waals surface area contributed by atoms with Gasteiger partial charge in [0.1, 0.15) is 0 Å². The fraction of sp³-hybridized carbons (Fsp3) is 0.333. The van der Waals surface area contributed by atoms with Gasteiger partial charge in [0.2, 0.25) is 5.91 Å². The predicted molar refractivity (Wildman–Crippen MR) is 145 cm³/mol. The van der Waals surface area contributed by atoms with Crippen molar-refractivity contribution in [1.82, 2.24) is 14.7 Å². The number of carbonyl (C=O) groups is 2. The van der Waals surface area contributed by atoms with Crippen LogP contribution in [0.1, 0.15) is 40.4 Å². The van der Waals surface area contributed by atoms with Crippen molar-refractivity contribution in [3.05, 3.63) is 102 Å². The van der Waals surface area contributed by atoms with Crippen molar-refractivity contribution in [2.45, 2.75) is 23.8 Å². The number of amides is 2. The minimum atomic E-state index is 0.0577. The number of piperazine rings is 1. The second-order valence-corrected chi connectivity index (χ2v) is 10.4. The summed E-state index contributed by atoms with van der Waals surface area (Å²) in [6.07, 6.45) is 2.18. The summed E-state index contributed by atoms with van der Waals surface area (Å²) in [7, 11) is 0. The number of thioether (sulfide) groups is 1. The molecule has 0 aromatic heterocycles. The van der Waals surface area contributed by atoms with Gasteiger partial charge in [-0.1, -0.05) is 72.8 Å². The molecule has 2 fully saturated rings. The summed E-state index contributed by atoms with van der Waals surface area (Å²) >= 11 is 1.49. The van der Waals surface area contributed by atoms with Gasteiger partial charge in [0.25, 0.3) is 5.91 Å². The molecule has 2 aliphatic rings. The molecule has 0 N–H and O–H groups in total. The van der Waals surface area contributed by atoms with E-state index in [0.717, 1.165) is 43.9 Å². The Morgan fingerprint density at radius 2 is 1.22 bits per heavy atom. The van der Waals surface area contributed by atoms with Crippen molar-refractivity contribution in [1.29, 1.82) is 0 Å². The third-order valence-electron chi connectivity index (χ3n) is 7.12. The first-order valence-corrected chi connectivity index (χ1v) is 13.8. The average Bonchev–Trinajstić information content (AvgIpc) is 3.49. The topological polar surface area (TPSA) is 43.9 Å². The third-order valence-corrected chi connectivity index (χ3v) is 8.18. The van der Waals surface area contributed by atoms with E-state index in [4.69, 9.17) is 0 Å². The number of hydrogen-bond donors (Lipinski definition) is 0. The van der Waals surface area contributed by atoms with Crippen LogP contribution >= 0.6 is 11.8 Å². The molecule has 0 atom stereocenters. The molecule has 0 spiro atoms. The van der Waals surface area contributed by atoms with Crippen LogP contribution < -0.4 is 0 Å². The molecule has 5 nitrogen and oxygen atoms in total. The zero-order chi connectivity index (χ0) is 24.7. The summed E-state index contributed by atoms with van der Waals surface area (Å²) in [5.74, 6) is 0.608. The lowest BCUT2D eigenvalue weighted by atomic mass is 9.96. The molecule has 5 rings (SSSR count). The molecule has 0 radical (unpaired) electrons. The SMILES string of the molecule is O=C(CSc1ccccc1C(=O)N1CCN(C(c2ccccc2)c2ccccc2)CC1)N1CCCC1. The number of hydrogen-bond acceptors (Lipinski definition) is 4. The molecule has 186 valence electrons. The Morgan fingerprint density at radius 1 is 0.667 bits per heavy atom. The van der Waals surface area contributed by atoms with Crippen LogP contribution in [0.3, 0.4) is 0 Å². The van der Waals surface area contributed by atoms with Crippen LogP contribution in [0.2, 0.25) is 0 Å². The first-order chi connectivity index (χ1) is 17.7. The highest BCUT2D eigenvalue weighted by molar-refractivity contribution is 8.00. The van der Waals surface area contributed by atoms with E-state index in [9.17, 15) is 9.59 Å². The molecule has 36 heavy (non-hydrogen) atoms. The normalized spacial score (nSPS) is 16.5. The van der Waals surface area contributed by atoms with E-state index in [1.807, 2.05) is 34.1 Å². The molecular weight excluding hydrogens is 466 g/mol. The van der Waals surface area contributed by atoms with Crippen molar-refractivity contribution < 1.29 is 9.59 Å². The zero-order valence-electron chi connectivity index (χ0n) is 20.6.